The van der Waals surface area contributed by atoms with E-state index in [-0.39, 0.29) is 6.10 Å². The van der Waals surface area contributed by atoms with Crippen molar-refractivity contribution in [3.63, 3.8) is 0 Å². The van der Waals surface area contributed by atoms with Gasteiger partial charge in [-0.15, -0.1) is 0 Å². The Kier molecular flexibility index (Phi) is 5.01. The summed E-state index contributed by atoms with van der Waals surface area (Å²) in [6, 6.07) is 6.29. The molecule has 1 atom stereocenters. The van der Waals surface area contributed by atoms with Crippen LogP contribution in [0.2, 0.25) is 0 Å². The van der Waals surface area contributed by atoms with Crippen molar-refractivity contribution in [3.05, 3.63) is 34.9 Å². The number of aliphatic hydroxyl groups excluding tert-OH is 1. The fourth-order valence-corrected chi connectivity index (χ4v) is 2.26. The Morgan fingerprint density at radius 2 is 1.75 bits per heavy atom. The van der Waals surface area contributed by atoms with Gasteiger partial charge in [-0.1, -0.05) is 50.5 Å². The Labute approximate surface area is 99.5 Å². The lowest BCUT2D eigenvalue weighted by molar-refractivity contribution is 0.140. The van der Waals surface area contributed by atoms with Crippen molar-refractivity contribution in [1.82, 2.24) is 0 Å². The Bertz CT molecular complexity index is 326. The second kappa shape index (κ2) is 6.05. The third-order valence-electron chi connectivity index (χ3n) is 3.50. The van der Waals surface area contributed by atoms with E-state index in [4.69, 9.17) is 0 Å². The van der Waals surface area contributed by atoms with Crippen LogP contribution < -0.4 is 0 Å². The molecule has 0 saturated heterocycles. The molecular weight excluding hydrogens is 196 g/mol. The van der Waals surface area contributed by atoms with Gasteiger partial charge < -0.3 is 5.11 Å². The van der Waals surface area contributed by atoms with Gasteiger partial charge in [-0.3, -0.25) is 0 Å². The van der Waals surface area contributed by atoms with Crippen LogP contribution in [0.4, 0.5) is 0 Å². The van der Waals surface area contributed by atoms with Crippen LogP contribution in [0.25, 0.3) is 0 Å². The van der Waals surface area contributed by atoms with Gasteiger partial charge in [0.25, 0.3) is 0 Å². The summed E-state index contributed by atoms with van der Waals surface area (Å²) < 4.78 is 0. The first kappa shape index (κ1) is 13.2. The molecular formula is C15H24O. The highest BCUT2D eigenvalue weighted by Gasteiger charge is 2.14. The van der Waals surface area contributed by atoms with Crippen LogP contribution in [0.5, 0.6) is 0 Å². The Morgan fingerprint density at radius 1 is 1.12 bits per heavy atom. The number of hydrogen-bond donors (Lipinski definition) is 1. The Morgan fingerprint density at radius 3 is 2.25 bits per heavy atom. The SMILES string of the molecule is CCC(CC)CC(O)c1ccc(C)cc1C. The zero-order chi connectivity index (χ0) is 12.1. The van der Waals surface area contributed by atoms with Gasteiger partial charge in [0, 0.05) is 0 Å². The summed E-state index contributed by atoms with van der Waals surface area (Å²) in [6.45, 7) is 8.56. The number of benzene rings is 1. The molecule has 0 amide bonds. The second-order valence-electron chi connectivity index (χ2n) is 4.79. The van der Waals surface area contributed by atoms with E-state index in [1.807, 2.05) is 0 Å². The third kappa shape index (κ3) is 3.34. The predicted molar refractivity (Wildman–Crippen MR) is 69.6 cm³/mol. The van der Waals surface area contributed by atoms with Crippen molar-refractivity contribution < 1.29 is 5.11 Å². The maximum Gasteiger partial charge on any atom is 0.0795 e. The first-order chi connectivity index (χ1) is 7.58. The van der Waals surface area contributed by atoms with Gasteiger partial charge in [0.1, 0.15) is 0 Å². The predicted octanol–water partition coefficient (Wildman–Crippen LogP) is 4.16. The van der Waals surface area contributed by atoms with Crippen molar-refractivity contribution in [2.75, 3.05) is 0 Å². The Balaban J connectivity index is 2.76. The molecule has 0 spiro atoms. The number of rotatable bonds is 5. The first-order valence-corrected chi connectivity index (χ1v) is 6.33. The molecule has 0 bridgehead atoms. The van der Waals surface area contributed by atoms with Gasteiger partial charge in [-0.2, -0.15) is 0 Å². The fraction of sp³-hybridized carbons (Fsp3) is 0.600. The minimum absolute atomic E-state index is 0.300. The molecule has 0 aliphatic heterocycles. The molecule has 1 aromatic rings. The highest BCUT2D eigenvalue weighted by Crippen LogP contribution is 2.27. The fourth-order valence-electron chi connectivity index (χ4n) is 2.26. The highest BCUT2D eigenvalue weighted by molar-refractivity contribution is 5.31. The topological polar surface area (TPSA) is 20.2 Å². The molecule has 1 rings (SSSR count). The highest BCUT2D eigenvalue weighted by atomic mass is 16.3. The van der Waals surface area contributed by atoms with Crippen LogP contribution in [0.1, 0.15) is 55.9 Å². The van der Waals surface area contributed by atoms with Crippen LogP contribution in [-0.4, -0.2) is 5.11 Å². The molecule has 1 heteroatoms. The molecule has 1 unspecified atom stereocenters. The van der Waals surface area contributed by atoms with E-state index >= 15 is 0 Å². The summed E-state index contributed by atoms with van der Waals surface area (Å²) in [4.78, 5) is 0. The molecule has 0 aliphatic rings. The normalized spacial score (nSPS) is 13.1. The second-order valence-corrected chi connectivity index (χ2v) is 4.79. The Hall–Kier alpha value is -0.820. The lowest BCUT2D eigenvalue weighted by Gasteiger charge is -2.19. The van der Waals surface area contributed by atoms with Crippen LogP contribution in [0.3, 0.4) is 0 Å². The number of hydrogen-bond acceptors (Lipinski definition) is 1. The van der Waals surface area contributed by atoms with Crippen LogP contribution in [-0.2, 0) is 0 Å². The van der Waals surface area contributed by atoms with E-state index < -0.39 is 0 Å². The molecule has 0 aromatic heterocycles. The van der Waals surface area contributed by atoms with E-state index in [1.54, 1.807) is 0 Å². The van der Waals surface area contributed by atoms with E-state index in [9.17, 15) is 5.11 Å². The van der Waals surface area contributed by atoms with Crippen LogP contribution >= 0.6 is 0 Å². The first-order valence-electron chi connectivity index (χ1n) is 6.33. The van der Waals surface area contributed by atoms with Gasteiger partial charge in [0.2, 0.25) is 0 Å². The monoisotopic (exact) mass is 220 g/mol. The van der Waals surface area contributed by atoms with Crippen molar-refractivity contribution >= 4 is 0 Å². The molecule has 90 valence electrons. The van der Waals surface area contributed by atoms with E-state index in [2.05, 4.69) is 45.9 Å². The minimum Gasteiger partial charge on any atom is -0.388 e. The van der Waals surface area contributed by atoms with Crippen molar-refractivity contribution in [2.24, 2.45) is 5.92 Å². The van der Waals surface area contributed by atoms with Gasteiger partial charge in [0.15, 0.2) is 0 Å². The zero-order valence-corrected chi connectivity index (χ0v) is 11.0. The number of aliphatic hydroxyl groups is 1. The molecule has 1 nitrogen and oxygen atoms in total. The molecule has 1 aromatic carbocycles. The standard InChI is InChI=1S/C15H24O/c1-5-13(6-2)10-15(16)14-8-7-11(3)9-12(14)4/h7-9,13,15-16H,5-6,10H2,1-4H3. The van der Waals surface area contributed by atoms with Gasteiger partial charge in [0.05, 0.1) is 6.10 Å². The molecule has 0 radical (unpaired) electrons. The van der Waals surface area contributed by atoms with Crippen LogP contribution in [0.15, 0.2) is 18.2 Å². The lowest BCUT2D eigenvalue weighted by Crippen LogP contribution is -2.07. The molecule has 1 N–H and O–H groups in total. The van der Waals surface area contributed by atoms with E-state index in [0.717, 1.165) is 24.8 Å². The van der Waals surface area contributed by atoms with E-state index in [1.165, 1.54) is 11.1 Å². The summed E-state index contributed by atoms with van der Waals surface area (Å²) >= 11 is 0. The van der Waals surface area contributed by atoms with Crippen molar-refractivity contribution in [3.8, 4) is 0 Å². The lowest BCUT2D eigenvalue weighted by atomic mass is 9.91. The third-order valence-corrected chi connectivity index (χ3v) is 3.50. The van der Waals surface area contributed by atoms with Crippen molar-refractivity contribution in [1.29, 1.82) is 0 Å². The molecule has 0 fully saturated rings. The summed E-state index contributed by atoms with van der Waals surface area (Å²) in [5.74, 6) is 0.635. The maximum absolute atomic E-state index is 10.2. The minimum atomic E-state index is -0.300. The summed E-state index contributed by atoms with van der Waals surface area (Å²) in [5, 5.41) is 10.2. The van der Waals surface area contributed by atoms with Gasteiger partial charge >= 0.3 is 0 Å². The largest absolute Gasteiger partial charge is 0.388 e. The van der Waals surface area contributed by atoms with Gasteiger partial charge in [-0.25, -0.2) is 0 Å². The molecule has 0 saturated carbocycles. The summed E-state index contributed by atoms with van der Waals surface area (Å²) in [7, 11) is 0. The number of aryl methyl sites for hydroxylation is 2. The maximum atomic E-state index is 10.2. The molecule has 16 heavy (non-hydrogen) atoms. The van der Waals surface area contributed by atoms with Gasteiger partial charge in [-0.05, 0) is 37.3 Å². The smallest absolute Gasteiger partial charge is 0.0795 e. The summed E-state index contributed by atoms with van der Waals surface area (Å²) in [5.41, 5.74) is 3.56. The summed E-state index contributed by atoms with van der Waals surface area (Å²) in [6.07, 6.45) is 2.89. The van der Waals surface area contributed by atoms with Crippen molar-refractivity contribution in [2.45, 2.75) is 53.1 Å². The van der Waals surface area contributed by atoms with Crippen LogP contribution in [0, 0.1) is 19.8 Å². The molecule has 0 aliphatic carbocycles. The van der Waals surface area contributed by atoms with E-state index in [0.29, 0.717) is 5.92 Å². The molecule has 0 heterocycles. The quantitative estimate of drug-likeness (QED) is 0.790. The average molecular weight is 220 g/mol. The zero-order valence-electron chi connectivity index (χ0n) is 11.0. The average Bonchev–Trinajstić information content (AvgIpc) is 2.25.